The summed E-state index contributed by atoms with van der Waals surface area (Å²) in [4.78, 5) is 16.5. The van der Waals surface area contributed by atoms with Crippen LogP contribution in [0.5, 0.6) is 0 Å². The first-order chi connectivity index (χ1) is 9.78. The first-order valence-corrected chi connectivity index (χ1v) is 7.04. The minimum atomic E-state index is -0.0684. The summed E-state index contributed by atoms with van der Waals surface area (Å²) in [6, 6.07) is 9.43. The van der Waals surface area contributed by atoms with E-state index in [0.29, 0.717) is 17.9 Å². The summed E-state index contributed by atoms with van der Waals surface area (Å²) in [6.45, 7) is 0.114. The SMILES string of the molecule is O=C(NC(CCO)C1CC1)c1ccc2ncccc2c1. The van der Waals surface area contributed by atoms with Gasteiger partial charge in [0.1, 0.15) is 0 Å². The predicted octanol–water partition coefficient (Wildman–Crippen LogP) is 2.13. The molecule has 2 N–H and O–H groups in total. The molecule has 1 saturated carbocycles. The molecule has 1 aliphatic rings. The average Bonchev–Trinajstić information content (AvgIpc) is 3.31. The summed E-state index contributed by atoms with van der Waals surface area (Å²) in [5.41, 5.74) is 1.53. The lowest BCUT2D eigenvalue weighted by molar-refractivity contribution is 0.0924. The number of pyridine rings is 1. The Hall–Kier alpha value is -1.94. The standard InChI is InChI=1S/C16H18N2O2/c19-9-7-15(11-3-4-11)18-16(20)13-5-6-14-12(10-13)2-1-8-17-14/h1-2,5-6,8,10-11,15,19H,3-4,7,9H2,(H,18,20). The number of aliphatic hydroxyl groups excluding tert-OH is 1. The number of nitrogens with zero attached hydrogens (tertiary/aromatic N) is 1. The molecule has 3 rings (SSSR count). The number of amides is 1. The van der Waals surface area contributed by atoms with Crippen LogP contribution >= 0.6 is 0 Å². The van der Waals surface area contributed by atoms with Gasteiger partial charge in [0.15, 0.2) is 0 Å². The topological polar surface area (TPSA) is 62.2 Å². The van der Waals surface area contributed by atoms with Crippen molar-refractivity contribution in [3.8, 4) is 0 Å². The Labute approximate surface area is 117 Å². The lowest BCUT2D eigenvalue weighted by Gasteiger charge is -2.17. The lowest BCUT2D eigenvalue weighted by Crippen LogP contribution is -2.37. The second-order valence-corrected chi connectivity index (χ2v) is 5.34. The quantitative estimate of drug-likeness (QED) is 0.875. The molecule has 1 atom stereocenters. The Bertz CT molecular complexity index is 623. The van der Waals surface area contributed by atoms with E-state index < -0.39 is 0 Å². The third-order valence-electron chi connectivity index (χ3n) is 3.81. The van der Waals surface area contributed by atoms with Crippen LogP contribution in [0.1, 0.15) is 29.6 Å². The Morgan fingerprint density at radius 3 is 3.00 bits per heavy atom. The van der Waals surface area contributed by atoms with Gasteiger partial charge in [-0.3, -0.25) is 9.78 Å². The van der Waals surface area contributed by atoms with Gasteiger partial charge in [-0.15, -0.1) is 0 Å². The van der Waals surface area contributed by atoms with Gasteiger partial charge in [0.05, 0.1) is 5.52 Å². The molecule has 0 bridgehead atoms. The van der Waals surface area contributed by atoms with Crippen LogP contribution in [0, 0.1) is 5.92 Å². The normalized spacial score (nSPS) is 16.1. The average molecular weight is 270 g/mol. The van der Waals surface area contributed by atoms with Gasteiger partial charge in [-0.2, -0.15) is 0 Å². The number of benzene rings is 1. The zero-order valence-corrected chi connectivity index (χ0v) is 11.2. The van der Waals surface area contributed by atoms with Crippen LogP contribution in [0.4, 0.5) is 0 Å². The number of hydrogen-bond acceptors (Lipinski definition) is 3. The van der Waals surface area contributed by atoms with E-state index in [-0.39, 0.29) is 18.6 Å². The van der Waals surface area contributed by atoms with Crippen LogP contribution in [-0.4, -0.2) is 28.6 Å². The van der Waals surface area contributed by atoms with E-state index in [1.54, 1.807) is 12.3 Å². The van der Waals surface area contributed by atoms with E-state index in [9.17, 15) is 4.79 Å². The van der Waals surface area contributed by atoms with Crippen molar-refractivity contribution in [3.05, 3.63) is 42.1 Å². The van der Waals surface area contributed by atoms with Crippen molar-refractivity contribution >= 4 is 16.8 Å². The van der Waals surface area contributed by atoms with Crippen molar-refractivity contribution in [2.24, 2.45) is 5.92 Å². The van der Waals surface area contributed by atoms with Gasteiger partial charge in [-0.05, 0) is 49.4 Å². The van der Waals surface area contributed by atoms with Crippen molar-refractivity contribution in [2.75, 3.05) is 6.61 Å². The Balaban J connectivity index is 1.77. The molecule has 2 aromatic rings. The largest absolute Gasteiger partial charge is 0.396 e. The van der Waals surface area contributed by atoms with Crippen LogP contribution in [0.3, 0.4) is 0 Å². The van der Waals surface area contributed by atoms with Crippen molar-refractivity contribution < 1.29 is 9.90 Å². The van der Waals surface area contributed by atoms with Crippen LogP contribution in [0.25, 0.3) is 10.9 Å². The second-order valence-electron chi connectivity index (χ2n) is 5.34. The van der Waals surface area contributed by atoms with Crippen molar-refractivity contribution in [1.82, 2.24) is 10.3 Å². The van der Waals surface area contributed by atoms with E-state index in [1.165, 1.54) is 0 Å². The summed E-state index contributed by atoms with van der Waals surface area (Å²) >= 11 is 0. The second kappa shape index (κ2) is 5.59. The molecule has 1 amide bonds. The fourth-order valence-electron chi connectivity index (χ4n) is 2.53. The fraction of sp³-hybridized carbons (Fsp3) is 0.375. The summed E-state index contributed by atoms with van der Waals surface area (Å²) in [6.07, 6.45) is 4.66. The van der Waals surface area contributed by atoms with Crippen LogP contribution in [0.2, 0.25) is 0 Å². The monoisotopic (exact) mass is 270 g/mol. The Morgan fingerprint density at radius 2 is 2.25 bits per heavy atom. The van der Waals surface area contributed by atoms with E-state index in [2.05, 4.69) is 10.3 Å². The first kappa shape index (κ1) is 13.1. The minimum absolute atomic E-state index is 0.0684. The minimum Gasteiger partial charge on any atom is -0.396 e. The Morgan fingerprint density at radius 1 is 1.40 bits per heavy atom. The number of rotatable bonds is 5. The first-order valence-electron chi connectivity index (χ1n) is 7.04. The van der Waals surface area contributed by atoms with Crippen LogP contribution < -0.4 is 5.32 Å². The van der Waals surface area contributed by atoms with E-state index in [4.69, 9.17) is 5.11 Å². The van der Waals surface area contributed by atoms with Gasteiger partial charge in [-0.1, -0.05) is 6.07 Å². The molecule has 4 nitrogen and oxygen atoms in total. The van der Waals surface area contributed by atoms with Crippen molar-refractivity contribution in [1.29, 1.82) is 0 Å². The van der Waals surface area contributed by atoms with Crippen molar-refractivity contribution in [3.63, 3.8) is 0 Å². The van der Waals surface area contributed by atoms with Gasteiger partial charge in [-0.25, -0.2) is 0 Å². The number of hydrogen-bond donors (Lipinski definition) is 2. The molecule has 1 unspecified atom stereocenters. The highest BCUT2D eigenvalue weighted by molar-refractivity contribution is 5.98. The molecule has 0 saturated heterocycles. The maximum absolute atomic E-state index is 12.3. The predicted molar refractivity (Wildman–Crippen MR) is 77.4 cm³/mol. The van der Waals surface area contributed by atoms with Gasteiger partial charge in [0, 0.05) is 29.8 Å². The third kappa shape index (κ3) is 2.80. The van der Waals surface area contributed by atoms with Crippen LogP contribution in [0.15, 0.2) is 36.5 Å². The zero-order chi connectivity index (χ0) is 13.9. The number of carbonyl (C=O) groups excluding carboxylic acids is 1. The van der Waals surface area contributed by atoms with Gasteiger partial charge >= 0.3 is 0 Å². The smallest absolute Gasteiger partial charge is 0.251 e. The maximum atomic E-state index is 12.3. The van der Waals surface area contributed by atoms with E-state index >= 15 is 0 Å². The molecular formula is C16H18N2O2. The van der Waals surface area contributed by atoms with Crippen molar-refractivity contribution in [2.45, 2.75) is 25.3 Å². The Kier molecular flexibility index (Phi) is 3.65. The molecule has 1 fully saturated rings. The number of aromatic nitrogens is 1. The molecule has 1 aromatic heterocycles. The lowest BCUT2D eigenvalue weighted by atomic mass is 10.1. The highest BCUT2D eigenvalue weighted by atomic mass is 16.3. The number of aliphatic hydroxyl groups is 1. The number of carbonyl (C=O) groups is 1. The van der Waals surface area contributed by atoms with Gasteiger partial charge in [0.25, 0.3) is 5.91 Å². The summed E-state index contributed by atoms with van der Waals surface area (Å²) in [7, 11) is 0. The number of nitrogens with one attached hydrogen (secondary N) is 1. The van der Waals surface area contributed by atoms with Gasteiger partial charge in [0.2, 0.25) is 0 Å². The molecule has 1 heterocycles. The fourth-order valence-corrected chi connectivity index (χ4v) is 2.53. The maximum Gasteiger partial charge on any atom is 0.251 e. The molecule has 1 aliphatic carbocycles. The molecule has 104 valence electrons. The molecule has 20 heavy (non-hydrogen) atoms. The molecule has 4 heteroatoms. The summed E-state index contributed by atoms with van der Waals surface area (Å²) in [5, 5.41) is 13.1. The molecule has 1 aromatic carbocycles. The number of fused-ring (bicyclic) bond motifs is 1. The highest BCUT2D eigenvalue weighted by Crippen LogP contribution is 2.34. The molecule has 0 radical (unpaired) electrons. The summed E-state index contributed by atoms with van der Waals surface area (Å²) < 4.78 is 0. The highest BCUT2D eigenvalue weighted by Gasteiger charge is 2.31. The third-order valence-corrected chi connectivity index (χ3v) is 3.81. The molecular weight excluding hydrogens is 252 g/mol. The molecule has 0 spiro atoms. The molecule has 0 aliphatic heterocycles. The van der Waals surface area contributed by atoms with E-state index in [0.717, 1.165) is 23.7 Å². The van der Waals surface area contributed by atoms with E-state index in [1.807, 2.05) is 24.3 Å². The van der Waals surface area contributed by atoms with Gasteiger partial charge < -0.3 is 10.4 Å². The summed E-state index contributed by atoms with van der Waals surface area (Å²) in [5.74, 6) is 0.467. The zero-order valence-electron chi connectivity index (χ0n) is 11.2. The van der Waals surface area contributed by atoms with Crippen LogP contribution in [-0.2, 0) is 0 Å².